The molecule has 11 rings (SSSR count). The van der Waals surface area contributed by atoms with Gasteiger partial charge in [0.15, 0.2) is 35.6 Å². The van der Waals surface area contributed by atoms with Crippen LogP contribution in [0.2, 0.25) is 0 Å². The molecule has 0 aromatic heterocycles. The molecule has 6 atom stereocenters. The van der Waals surface area contributed by atoms with Crippen LogP contribution >= 0.6 is 68.7 Å². The first-order valence-corrected chi connectivity index (χ1v) is 56.7. The normalized spacial score (nSPS) is 20.3. The van der Waals surface area contributed by atoms with Gasteiger partial charge in [-0.05, 0) is 84.7 Å². The molecule has 0 aliphatic carbocycles. The van der Waals surface area contributed by atoms with Crippen molar-refractivity contribution in [1.29, 1.82) is 0 Å². The van der Waals surface area contributed by atoms with E-state index in [1.165, 1.54) is 74.0 Å². The molecule has 0 radical (unpaired) electrons. The van der Waals surface area contributed by atoms with Crippen LogP contribution < -0.4 is 41.2 Å². The molecule has 0 bridgehead atoms. The van der Waals surface area contributed by atoms with E-state index in [4.69, 9.17) is 5.73 Å². The molecule has 1 fully saturated rings. The van der Waals surface area contributed by atoms with Crippen LogP contribution in [0.4, 0.5) is 0 Å². The number of hydrogen-bond donors (Lipinski definition) is 8. The van der Waals surface area contributed by atoms with Crippen LogP contribution in [0.25, 0.3) is 0 Å². The monoisotopic (exact) mass is 2200 g/mol. The van der Waals surface area contributed by atoms with E-state index in [0.717, 1.165) is 64.9 Å². The minimum atomic E-state index is -3.74. The summed E-state index contributed by atoms with van der Waals surface area (Å²) in [7, 11) is -6.65. The Labute approximate surface area is 892 Å². The number of benzene rings is 5. The van der Waals surface area contributed by atoms with Crippen LogP contribution in [-0.4, -0.2) is 210 Å². The minimum absolute atomic E-state index is 0. The first kappa shape index (κ1) is 126. The van der Waals surface area contributed by atoms with Crippen LogP contribution in [0.5, 0.6) is 0 Å². The molecule has 0 spiro atoms. The summed E-state index contributed by atoms with van der Waals surface area (Å²) in [6.07, 6.45) is 4.62. The van der Waals surface area contributed by atoms with E-state index in [2.05, 4.69) is 72.4 Å². The van der Waals surface area contributed by atoms with Gasteiger partial charge in [0.25, 0.3) is 0 Å². The summed E-state index contributed by atoms with van der Waals surface area (Å²) in [4.78, 5) is 138. The molecule has 5 aromatic rings. The summed E-state index contributed by atoms with van der Waals surface area (Å²) in [5, 5.41) is 43.2. The van der Waals surface area contributed by atoms with Gasteiger partial charge in [-0.2, -0.15) is 9.90 Å². The third-order valence-corrected chi connectivity index (χ3v) is 31.4. The third-order valence-electron chi connectivity index (χ3n) is 22.4. The number of primary amides is 1. The molecule has 808 valence electrons. The van der Waals surface area contributed by atoms with Crippen LogP contribution in [-0.2, 0) is 107 Å². The number of nitrogens with one attached hydrogen (secondary N) is 7. The summed E-state index contributed by atoms with van der Waals surface area (Å²) < 4.78 is 78.5. The van der Waals surface area contributed by atoms with Crippen LogP contribution in [0.1, 0.15) is 239 Å². The number of hydrazone groups is 5. The number of amidine groups is 5. The second-order valence-corrected chi connectivity index (χ2v) is 55.8. The Balaban J connectivity index is 0.000000280. The van der Waals surface area contributed by atoms with Crippen molar-refractivity contribution in [2.75, 3.05) is 59.3 Å². The van der Waals surface area contributed by atoms with Crippen molar-refractivity contribution in [3.63, 3.8) is 0 Å². The molecule has 6 aliphatic heterocycles. The summed E-state index contributed by atoms with van der Waals surface area (Å²) in [5.41, 5.74) is 4.13. The zero-order valence-electron chi connectivity index (χ0n) is 89.9. The molecule has 37 nitrogen and oxygen atoms in total. The highest BCUT2D eigenvalue weighted by atomic mass is 32.2. The highest BCUT2D eigenvalue weighted by molar-refractivity contribution is 8.16. The van der Waals surface area contributed by atoms with Gasteiger partial charge in [0.1, 0.15) is 14.6 Å². The van der Waals surface area contributed by atoms with Crippen molar-refractivity contribution in [2.24, 2.45) is 74.6 Å². The second kappa shape index (κ2) is 49.5. The van der Waals surface area contributed by atoms with Crippen molar-refractivity contribution in [3.8, 4) is 0 Å². The van der Waals surface area contributed by atoms with Gasteiger partial charge < -0.3 is 31.9 Å². The molecule has 5 aromatic carbocycles. The van der Waals surface area contributed by atoms with Gasteiger partial charge in [0.05, 0.1) is 25.6 Å². The van der Waals surface area contributed by atoms with Gasteiger partial charge in [-0.15, -0.1) is 25.5 Å². The lowest BCUT2D eigenvalue weighted by atomic mass is 9.92. The van der Waals surface area contributed by atoms with Gasteiger partial charge in [-0.1, -0.05) is 360 Å². The summed E-state index contributed by atoms with van der Waals surface area (Å²) in [6, 6.07) is 46.8. The predicted molar refractivity (Wildman–Crippen MR) is 595 cm³/mol. The Bertz CT molecular complexity index is 6140. The molecule has 147 heavy (non-hydrogen) atoms. The molecule has 9 N–H and O–H groups in total. The van der Waals surface area contributed by atoms with Gasteiger partial charge >= 0.3 is 0 Å². The van der Waals surface area contributed by atoms with E-state index in [-0.39, 0.29) is 107 Å². The maximum atomic E-state index is 13.4. The topological polar surface area (TPSA) is 485 Å². The number of hydrogen-bond acceptors (Lipinski definition) is 28. The number of amides is 11. The van der Waals surface area contributed by atoms with Gasteiger partial charge in [0, 0.05) is 94.5 Å². The van der Waals surface area contributed by atoms with Gasteiger partial charge in [0.2, 0.25) is 95.0 Å². The molecule has 0 saturated carbocycles. The average Bonchev–Trinajstić information content (AvgIpc) is 1.58. The van der Waals surface area contributed by atoms with Crippen LogP contribution in [0, 0.1) is 43.3 Å². The van der Waals surface area contributed by atoms with E-state index in [9.17, 15) is 78.0 Å². The van der Waals surface area contributed by atoms with Crippen molar-refractivity contribution in [1.82, 2.24) is 70.3 Å². The zero-order valence-corrected chi connectivity index (χ0v) is 97.8. The maximum absolute atomic E-state index is 13.4. The van der Waals surface area contributed by atoms with Gasteiger partial charge in [-0.25, -0.2) is 64.5 Å². The largest absolute Gasteiger partial charge is 0.370 e. The number of sulfonamides is 3. The molecule has 6 heterocycles. The van der Waals surface area contributed by atoms with E-state index < -0.39 is 110 Å². The Morgan fingerprint density at radius 2 is 0.667 bits per heavy atom. The molecular formula is C101H149N20O17PS8. The molecule has 46 heteroatoms. The smallest absolute Gasteiger partial charge is 0.249 e. The van der Waals surface area contributed by atoms with Crippen molar-refractivity contribution in [2.45, 2.75) is 236 Å². The molecule has 6 aliphatic rings. The maximum Gasteiger partial charge on any atom is 0.249 e. The number of nitrogens with zero attached hydrogens (tertiary/aromatic N) is 12. The first-order chi connectivity index (χ1) is 67.0. The molecule has 6 unspecified atom stereocenters. The Morgan fingerprint density at radius 1 is 0.395 bits per heavy atom. The fourth-order valence-electron chi connectivity index (χ4n) is 14.0. The van der Waals surface area contributed by atoms with Crippen molar-refractivity contribution >= 4 is 190 Å². The fourth-order valence-corrected chi connectivity index (χ4v) is 22.0. The number of likely N-dealkylation sites (tertiary alicyclic amines) is 1. The van der Waals surface area contributed by atoms with Crippen LogP contribution in [0.15, 0.2) is 189 Å². The van der Waals surface area contributed by atoms with E-state index in [1.807, 2.05) is 204 Å². The molecular weight excluding hydrogens is 2050 g/mol. The lowest BCUT2D eigenvalue weighted by Crippen LogP contribution is -2.52. The number of carbonyl (C=O) groups excluding carboxylic acids is 11. The Kier molecular flexibility index (Phi) is 42.4. The number of thioether (sulfide) groups is 5. The minimum Gasteiger partial charge on any atom is -0.370 e. The lowest BCUT2D eigenvalue weighted by molar-refractivity contribution is -0.144. The SMILES string of the molecule is C=CS(=O)(=O)NCC1(c2ccccc2)SC(NC(=O)C(C)(C)C)=NN1C(C)=O.CC(C)(C)C(=O)N1N=C(N2CCCC2=O)SC1(CNS(C)(=O)=O)c1ccccc1.CC(C)(C)C(=O)NC1=NN(C(=O)C(C)(C)C)C(CCC(N)=O)(c2ccccc2)S1.CC(C)(C)C(=O)NC1=NN(C(=O)C(C)(C)C)C(CCNS(C)(=O)=O)(c2ccccc2)S1.CN(C)CCC1(c2ccccc2)SC(NC(=O)C(C)(C)C)=NN1C(=O)C(C)(C)C.P. The average molecular weight is 2200 g/mol. The molecule has 1 saturated heterocycles. The predicted octanol–water partition coefficient (Wildman–Crippen LogP) is 13.7. The highest BCUT2D eigenvalue weighted by Gasteiger charge is 2.58. The fraction of sp³-hybridized carbons (Fsp3) is 0.525. The quantitative estimate of drug-likeness (QED) is 0.0298. The lowest BCUT2D eigenvalue weighted by Gasteiger charge is -2.39. The van der Waals surface area contributed by atoms with Crippen LogP contribution in [0.3, 0.4) is 0 Å². The summed E-state index contributed by atoms with van der Waals surface area (Å²) in [6.45, 7) is 49.3. The first-order valence-electron chi connectivity index (χ1n) is 47.3. The Morgan fingerprint density at radius 3 is 0.932 bits per heavy atom. The zero-order chi connectivity index (χ0) is 110. The number of rotatable bonds is 22. The van der Waals surface area contributed by atoms with E-state index >= 15 is 0 Å². The molecule has 11 amide bonds. The summed E-state index contributed by atoms with van der Waals surface area (Å²) in [5.74, 6) is -2.49. The van der Waals surface area contributed by atoms with Crippen molar-refractivity contribution < 1.29 is 78.0 Å². The number of carbonyl (C=O) groups is 11. The standard InChI is InChI=1S/C22H34N4O2S.C21H32N4O4S2.C21H30N4O3S.C19H26N4O4S2.C18H24N4O4S2.H3P/c1-20(2,3)17(27)23-19-24-26(18(28)21(4,5)6)22(29-19,14-15-25(7)8)16-12-10-9-11-13-16;1-19(2,3)16(26)23-18-24-25(17(27)20(4,5)6)21(30-18,13-14-22-31(7,28)29)15-11-9-8-10-12-15;1-19(2,3)16(27)23-18-24-25(17(28)20(4,5)6)21(29-18,13-12-15(22)26)14-10-8-7-9-11-14;1-18(2,3)16(25)23-19(13-20-29(4,26)27,14-9-6-5-7-10-14)28-17(21-23)22-12-8-11-15(22)24;1-6-28(25,26)19-12-18(14-10-8-7-9-11-14)22(13(2)23)21-16(27-18)20-15(24)17(3,4)5;/h9-13H,14-15H2,1-8H3,(H,23,24,27);8-12,22H,13-14H2,1-7H3,(H,23,24,26);7-11H,12-13H2,1-6H3,(H2,22,26)(H,23,24,27);5-7,9-10,20H,8,11-13H2,1-4H3;6-11,19H,1,12H2,2-5H3,(H,20,21,24);1H3. The second-order valence-electron chi connectivity index (χ2n) is 44.1. The third kappa shape index (κ3) is 33.6. The summed E-state index contributed by atoms with van der Waals surface area (Å²) >= 11 is 6.30. The van der Waals surface area contributed by atoms with Gasteiger partial charge in [-0.3, -0.25) is 57.6 Å². The Hall–Kier alpha value is -9.77. The van der Waals surface area contributed by atoms with Crippen molar-refractivity contribution in [3.05, 3.63) is 191 Å². The van der Waals surface area contributed by atoms with E-state index in [0.29, 0.717) is 45.6 Å². The number of nitrogens with two attached hydrogens (primary N) is 1. The van der Waals surface area contributed by atoms with E-state index in [1.54, 1.807) is 138 Å². The highest BCUT2D eigenvalue weighted by Crippen LogP contribution is 2.55.